The Labute approximate surface area is 171 Å². The van der Waals surface area contributed by atoms with Gasteiger partial charge in [-0.1, -0.05) is 24.6 Å². The van der Waals surface area contributed by atoms with Gasteiger partial charge in [0.25, 0.3) is 0 Å². The molecule has 0 aromatic heterocycles. The van der Waals surface area contributed by atoms with Crippen molar-refractivity contribution in [2.45, 2.75) is 25.4 Å². The third kappa shape index (κ3) is 5.23. The SMILES string of the molecule is Cc1cc2c(c(CSCC(C)C(=O)[O-])c1)OCSC2.[K+]. The van der Waals surface area contributed by atoms with E-state index in [9.17, 15) is 9.90 Å². The molecule has 2 rings (SSSR count). The molecule has 6 heteroatoms. The second kappa shape index (κ2) is 9.08. The fourth-order valence-electron chi connectivity index (χ4n) is 1.99. The number of hydrogen-bond acceptors (Lipinski definition) is 5. The van der Waals surface area contributed by atoms with E-state index >= 15 is 0 Å². The third-order valence-electron chi connectivity index (χ3n) is 2.96. The van der Waals surface area contributed by atoms with Crippen molar-refractivity contribution in [2.24, 2.45) is 5.92 Å². The molecular formula is C14H17KO3S2. The number of carboxylic acids is 1. The first-order valence-electron chi connectivity index (χ1n) is 6.19. The molecule has 0 saturated carbocycles. The van der Waals surface area contributed by atoms with Crippen molar-refractivity contribution < 1.29 is 66.0 Å². The molecule has 0 spiro atoms. The molecule has 0 saturated heterocycles. The molecule has 1 heterocycles. The summed E-state index contributed by atoms with van der Waals surface area (Å²) in [6, 6.07) is 4.30. The van der Waals surface area contributed by atoms with Crippen LogP contribution in [0, 0.1) is 12.8 Å². The summed E-state index contributed by atoms with van der Waals surface area (Å²) < 4.78 is 5.74. The number of carboxylic acid groups (broad SMARTS) is 1. The number of carbonyl (C=O) groups excluding carboxylic acids is 1. The van der Waals surface area contributed by atoms with Gasteiger partial charge < -0.3 is 14.6 Å². The average molecular weight is 337 g/mol. The number of hydrogen-bond donors (Lipinski definition) is 0. The summed E-state index contributed by atoms with van der Waals surface area (Å²) in [6.07, 6.45) is 0. The van der Waals surface area contributed by atoms with Crippen molar-refractivity contribution in [1.82, 2.24) is 0 Å². The second-order valence-corrected chi connectivity index (χ2v) is 6.72. The van der Waals surface area contributed by atoms with E-state index in [1.807, 2.05) is 0 Å². The van der Waals surface area contributed by atoms with Crippen LogP contribution in [-0.2, 0) is 16.3 Å². The first-order valence-corrected chi connectivity index (χ1v) is 8.50. The van der Waals surface area contributed by atoms with Crippen LogP contribution in [0.15, 0.2) is 12.1 Å². The third-order valence-corrected chi connectivity index (χ3v) is 5.01. The monoisotopic (exact) mass is 336 g/mol. The summed E-state index contributed by atoms with van der Waals surface area (Å²) in [7, 11) is 0. The predicted molar refractivity (Wildman–Crippen MR) is 78.3 cm³/mol. The summed E-state index contributed by atoms with van der Waals surface area (Å²) in [4.78, 5) is 10.7. The molecule has 1 aliphatic heterocycles. The van der Waals surface area contributed by atoms with Gasteiger partial charge in [-0.15, -0.1) is 11.8 Å². The van der Waals surface area contributed by atoms with Gasteiger partial charge >= 0.3 is 51.4 Å². The maximum atomic E-state index is 10.7. The van der Waals surface area contributed by atoms with Crippen molar-refractivity contribution in [3.8, 4) is 5.75 Å². The molecule has 1 aliphatic rings. The van der Waals surface area contributed by atoms with Crippen LogP contribution in [0.3, 0.4) is 0 Å². The Balaban J connectivity index is 0.00000200. The first-order chi connectivity index (χ1) is 9.08. The van der Waals surface area contributed by atoms with Gasteiger partial charge in [-0.25, -0.2) is 0 Å². The van der Waals surface area contributed by atoms with Crippen LogP contribution in [0.4, 0.5) is 0 Å². The smallest absolute Gasteiger partial charge is 0.550 e. The maximum Gasteiger partial charge on any atom is 1.00 e. The van der Waals surface area contributed by atoms with Gasteiger partial charge in [0.05, 0.1) is 0 Å². The Bertz CT molecular complexity index is 480. The van der Waals surface area contributed by atoms with E-state index in [1.165, 1.54) is 16.7 Å². The normalized spacial score (nSPS) is 14.7. The van der Waals surface area contributed by atoms with Gasteiger partial charge in [0.1, 0.15) is 11.7 Å². The van der Waals surface area contributed by atoms with Crippen molar-refractivity contribution in [1.29, 1.82) is 0 Å². The molecule has 0 fully saturated rings. The number of aliphatic carboxylic acids is 1. The molecule has 1 aromatic carbocycles. The van der Waals surface area contributed by atoms with Gasteiger partial charge in [0, 0.05) is 40.3 Å². The minimum Gasteiger partial charge on any atom is -0.550 e. The van der Waals surface area contributed by atoms with Crippen LogP contribution in [0.2, 0.25) is 0 Å². The number of ether oxygens (including phenoxy) is 1. The van der Waals surface area contributed by atoms with E-state index in [2.05, 4.69) is 19.1 Å². The van der Waals surface area contributed by atoms with Gasteiger partial charge in [0.15, 0.2) is 0 Å². The van der Waals surface area contributed by atoms with Gasteiger partial charge in [-0.2, -0.15) is 11.8 Å². The summed E-state index contributed by atoms with van der Waals surface area (Å²) in [5, 5.41) is 10.7. The Morgan fingerprint density at radius 1 is 1.55 bits per heavy atom. The van der Waals surface area contributed by atoms with E-state index in [4.69, 9.17) is 4.74 Å². The van der Waals surface area contributed by atoms with Crippen LogP contribution in [0.5, 0.6) is 5.75 Å². The van der Waals surface area contributed by atoms with E-state index in [0.29, 0.717) is 11.7 Å². The largest absolute Gasteiger partial charge is 1.00 e. The summed E-state index contributed by atoms with van der Waals surface area (Å²) in [6.45, 7) is 3.76. The van der Waals surface area contributed by atoms with Crippen LogP contribution < -0.4 is 61.2 Å². The number of aryl methyl sites for hydroxylation is 1. The van der Waals surface area contributed by atoms with Crippen LogP contribution in [0.25, 0.3) is 0 Å². The standard InChI is InChI=1S/C14H18O3S2.K/c1-9-3-11(6-18-5-10(2)14(15)16)13-12(4-9)7-19-8-17-13;/h3-4,10H,5-8H2,1-2H3,(H,15,16);/q;+1/p-1. The first kappa shape index (κ1) is 18.9. The fraction of sp³-hybridized carbons (Fsp3) is 0.500. The molecule has 0 amide bonds. The minimum absolute atomic E-state index is 0. The number of benzene rings is 1. The zero-order chi connectivity index (χ0) is 13.8. The zero-order valence-corrected chi connectivity index (χ0v) is 16.9. The predicted octanol–water partition coefficient (Wildman–Crippen LogP) is -0.799. The van der Waals surface area contributed by atoms with E-state index in [-0.39, 0.29) is 51.4 Å². The van der Waals surface area contributed by atoms with Crippen molar-refractivity contribution in [3.63, 3.8) is 0 Å². The van der Waals surface area contributed by atoms with Crippen molar-refractivity contribution in [3.05, 3.63) is 28.8 Å². The number of thioether (sulfide) groups is 2. The summed E-state index contributed by atoms with van der Waals surface area (Å²) >= 11 is 3.39. The Kier molecular flexibility index (Phi) is 8.56. The van der Waals surface area contributed by atoms with Crippen LogP contribution in [-0.4, -0.2) is 17.7 Å². The molecule has 104 valence electrons. The number of carbonyl (C=O) groups is 1. The van der Waals surface area contributed by atoms with Gasteiger partial charge in [-0.05, 0) is 6.92 Å². The van der Waals surface area contributed by atoms with Crippen molar-refractivity contribution in [2.75, 3.05) is 11.7 Å². The summed E-state index contributed by atoms with van der Waals surface area (Å²) in [5.74, 6) is 2.64. The van der Waals surface area contributed by atoms with Gasteiger partial charge in [0.2, 0.25) is 0 Å². The molecule has 20 heavy (non-hydrogen) atoms. The van der Waals surface area contributed by atoms with E-state index in [1.54, 1.807) is 30.4 Å². The minimum atomic E-state index is -0.980. The van der Waals surface area contributed by atoms with E-state index < -0.39 is 11.9 Å². The Morgan fingerprint density at radius 3 is 3.00 bits per heavy atom. The summed E-state index contributed by atoms with van der Waals surface area (Å²) in [5.41, 5.74) is 3.65. The molecule has 1 unspecified atom stereocenters. The molecular weight excluding hydrogens is 319 g/mol. The van der Waals surface area contributed by atoms with Crippen LogP contribution in [0.1, 0.15) is 23.6 Å². The van der Waals surface area contributed by atoms with Gasteiger partial charge in [-0.3, -0.25) is 0 Å². The topological polar surface area (TPSA) is 49.4 Å². The Morgan fingerprint density at radius 2 is 2.30 bits per heavy atom. The number of rotatable bonds is 5. The second-order valence-electron chi connectivity index (χ2n) is 4.76. The van der Waals surface area contributed by atoms with Crippen molar-refractivity contribution >= 4 is 29.5 Å². The number of fused-ring (bicyclic) bond motifs is 1. The molecule has 0 radical (unpaired) electrons. The fourth-order valence-corrected chi connectivity index (χ4v) is 3.76. The molecule has 0 bridgehead atoms. The molecule has 0 aliphatic carbocycles. The maximum absolute atomic E-state index is 10.7. The van der Waals surface area contributed by atoms with Crippen LogP contribution >= 0.6 is 23.5 Å². The molecule has 1 atom stereocenters. The average Bonchev–Trinajstić information content (AvgIpc) is 2.38. The molecule has 0 N–H and O–H groups in total. The molecule has 1 aromatic rings. The Hall–Kier alpha value is 0.826. The zero-order valence-electron chi connectivity index (χ0n) is 12.1. The quantitative estimate of drug-likeness (QED) is 0.659. The van der Waals surface area contributed by atoms with E-state index in [0.717, 1.165) is 17.3 Å². The molecule has 3 nitrogen and oxygen atoms in total.